The standard InChI is InChI=1S/C8H14N2O/c1-3-4-7-11-8-9-5-6-10(8)2/h5-6H,3-4,7H2,1-2H3. The normalized spacial score (nSPS) is 10.0. The summed E-state index contributed by atoms with van der Waals surface area (Å²) in [6.45, 7) is 2.91. The van der Waals surface area contributed by atoms with Crippen LogP contribution in [0.4, 0.5) is 0 Å². The maximum Gasteiger partial charge on any atom is 0.295 e. The zero-order chi connectivity index (χ0) is 8.10. The number of nitrogens with zero attached hydrogens (tertiary/aromatic N) is 2. The van der Waals surface area contributed by atoms with Gasteiger partial charge in [0.25, 0.3) is 6.01 Å². The molecule has 0 bridgehead atoms. The molecule has 11 heavy (non-hydrogen) atoms. The number of rotatable bonds is 4. The molecule has 0 aliphatic rings. The fourth-order valence-corrected chi connectivity index (χ4v) is 0.799. The van der Waals surface area contributed by atoms with Crippen molar-refractivity contribution in [3.63, 3.8) is 0 Å². The molecule has 0 unspecified atom stereocenters. The molecule has 0 spiro atoms. The van der Waals surface area contributed by atoms with Gasteiger partial charge in [-0.05, 0) is 6.42 Å². The molecule has 0 atom stereocenters. The summed E-state index contributed by atoms with van der Waals surface area (Å²) in [7, 11) is 1.92. The van der Waals surface area contributed by atoms with Gasteiger partial charge in [-0.2, -0.15) is 0 Å². The van der Waals surface area contributed by atoms with E-state index in [0.717, 1.165) is 19.4 Å². The molecule has 0 saturated carbocycles. The molecule has 0 aromatic carbocycles. The fraction of sp³-hybridized carbons (Fsp3) is 0.625. The van der Waals surface area contributed by atoms with Gasteiger partial charge in [-0.25, -0.2) is 4.98 Å². The SMILES string of the molecule is CCCCOc1nccn1C. The Morgan fingerprint density at radius 1 is 1.64 bits per heavy atom. The van der Waals surface area contributed by atoms with E-state index in [0.29, 0.717) is 6.01 Å². The average Bonchev–Trinajstić information content (AvgIpc) is 2.37. The van der Waals surface area contributed by atoms with E-state index in [1.807, 2.05) is 17.8 Å². The van der Waals surface area contributed by atoms with Gasteiger partial charge in [-0.3, -0.25) is 0 Å². The lowest BCUT2D eigenvalue weighted by Crippen LogP contribution is -2.01. The van der Waals surface area contributed by atoms with Gasteiger partial charge < -0.3 is 9.30 Å². The molecule has 3 nitrogen and oxygen atoms in total. The molecule has 1 aromatic heterocycles. The highest BCUT2D eigenvalue weighted by molar-refractivity contribution is 4.96. The van der Waals surface area contributed by atoms with Crippen molar-refractivity contribution in [3.8, 4) is 6.01 Å². The fourth-order valence-electron chi connectivity index (χ4n) is 0.799. The smallest absolute Gasteiger partial charge is 0.295 e. The third kappa shape index (κ3) is 2.26. The lowest BCUT2D eigenvalue weighted by molar-refractivity contribution is 0.276. The number of aryl methyl sites for hydroxylation is 1. The van der Waals surface area contributed by atoms with E-state index in [4.69, 9.17) is 4.74 Å². The van der Waals surface area contributed by atoms with Crippen molar-refractivity contribution in [2.75, 3.05) is 6.61 Å². The third-order valence-corrected chi connectivity index (χ3v) is 1.51. The van der Waals surface area contributed by atoms with E-state index in [1.54, 1.807) is 6.20 Å². The zero-order valence-electron chi connectivity index (χ0n) is 7.08. The highest BCUT2D eigenvalue weighted by atomic mass is 16.5. The summed E-state index contributed by atoms with van der Waals surface area (Å²) < 4.78 is 7.24. The van der Waals surface area contributed by atoms with Crippen molar-refractivity contribution < 1.29 is 4.74 Å². The van der Waals surface area contributed by atoms with Crippen molar-refractivity contribution in [2.45, 2.75) is 19.8 Å². The van der Waals surface area contributed by atoms with Gasteiger partial charge in [0, 0.05) is 19.4 Å². The van der Waals surface area contributed by atoms with E-state index in [2.05, 4.69) is 11.9 Å². The van der Waals surface area contributed by atoms with Crippen molar-refractivity contribution >= 4 is 0 Å². The second kappa shape index (κ2) is 4.01. The predicted molar refractivity (Wildman–Crippen MR) is 43.6 cm³/mol. The summed E-state index contributed by atoms with van der Waals surface area (Å²) in [6, 6.07) is 0.707. The monoisotopic (exact) mass is 154 g/mol. The summed E-state index contributed by atoms with van der Waals surface area (Å²) in [5.74, 6) is 0. The first kappa shape index (κ1) is 8.11. The van der Waals surface area contributed by atoms with Crippen LogP contribution in [0.5, 0.6) is 6.01 Å². The number of hydrogen-bond acceptors (Lipinski definition) is 2. The van der Waals surface area contributed by atoms with Crippen molar-refractivity contribution in [1.82, 2.24) is 9.55 Å². The van der Waals surface area contributed by atoms with E-state index in [1.165, 1.54) is 0 Å². The number of aromatic nitrogens is 2. The van der Waals surface area contributed by atoms with Crippen LogP contribution in [0.2, 0.25) is 0 Å². The molecule has 0 radical (unpaired) electrons. The van der Waals surface area contributed by atoms with Crippen molar-refractivity contribution in [3.05, 3.63) is 12.4 Å². The second-order valence-electron chi connectivity index (χ2n) is 2.52. The van der Waals surface area contributed by atoms with Crippen LogP contribution in [-0.4, -0.2) is 16.2 Å². The van der Waals surface area contributed by atoms with Crippen LogP contribution in [0.3, 0.4) is 0 Å². The van der Waals surface area contributed by atoms with Crippen LogP contribution < -0.4 is 4.74 Å². The highest BCUT2D eigenvalue weighted by Gasteiger charge is 1.96. The van der Waals surface area contributed by atoms with Crippen LogP contribution in [0.25, 0.3) is 0 Å². The lowest BCUT2D eigenvalue weighted by Gasteiger charge is -2.02. The summed E-state index contributed by atoms with van der Waals surface area (Å²) in [5.41, 5.74) is 0. The first-order valence-corrected chi connectivity index (χ1v) is 3.94. The summed E-state index contributed by atoms with van der Waals surface area (Å²) >= 11 is 0. The van der Waals surface area contributed by atoms with Gasteiger partial charge in [0.15, 0.2) is 0 Å². The van der Waals surface area contributed by atoms with Gasteiger partial charge in [-0.15, -0.1) is 0 Å². The Balaban J connectivity index is 2.32. The van der Waals surface area contributed by atoms with Crippen LogP contribution in [0, 0.1) is 0 Å². The van der Waals surface area contributed by atoms with Gasteiger partial charge in [0.05, 0.1) is 6.61 Å². The molecule has 0 N–H and O–H groups in total. The Morgan fingerprint density at radius 2 is 2.45 bits per heavy atom. The second-order valence-corrected chi connectivity index (χ2v) is 2.52. The number of imidazole rings is 1. The molecular formula is C8H14N2O. The minimum absolute atomic E-state index is 0.707. The van der Waals surface area contributed by atoms with Crippen LogP contribution >= 0.6 is 0 Å². The molecule has 3 heteroatoms. The first-order valence-electron chi connectivity index (χ1n) is 3.94. The van der Waals surface area contributed by atoms with E-state index in [9.17, 15) is 0 Å². The topological polar surface area (TPSA) is 27.1 Å². The Morgan fingerprint density at radius 3 is 3.00 bits per heavy atom. The van der Waals surface area contributed by atoms with Crippen LogP contribution in [-0.2, 0) is 7.05 Å². The molecule has 1 heterocycles. The molecular weight excluding hydrogens is 140 g/mol. The van der Waals surface area contributed by atoms with E-state index < -0.39 is 0 Å². The van der Waals surface area contributed by atoms with Crippen LogP contribution in [0.1, 0.15) is 19.8 Å². The van der Waals surface area contributed by atoms with E-state index in [-0.39, 0.29) is 0 Å². The van der Waals surface area contributed by atoms with E-state index >= 15 is 0 Å². The third-order valence-electron chi connectivity index (χ3n) is 1.51. The van der Waals surface area contributed by atoms with Gasteiger partial charge in [0.1, 0.15) is 0 Å². The molecule has 1 rings (SSSR count). The molecule has 1 aromatic rings. The minimum Gasteiger partial charge on any atom is -0.465 e. The lowest BCUT2D eigenvalue weighted by atomic mass is 10.4. The highest BCUT2D eigenvalue weighted by Crippen LogP contribution is 2.04. The summed E-state index contributed by atoms with van der Waals surface area (Å²) in [4.78, 5) is 4.03. The largest absolute Gasteiger partial charge is 0.465 e. The molecule has 0 aliphatic heterocycles. The average molecular weight is 154 g/mol. The summed E-state index contributed by atoms with van der Waals surface area (Å²) in [6.07, 6.45) is 5.86. The maximum absolute atomic E-state index is 5.37. The van der Waals surface area contributed by atoms with Crippen LogP contribution in [0.15, 0.2) is 12.4 Å². The Bertz CT molecular complexity index is 208. The Kier molecular flexibility index (Phi) is 2.95. The van der Waals surface area contributed by atoms with Gasteiger partial charge in [0.2, 0.25) is 0 Å². The first-order chi connectivity index (χ1) is 5.34. The van der Waals surface area contributed by atoms with Crippen molar-refractivity contribution in [1.29, 1.82) is 0 Å². The van der Waals surface area contributed by atoms with Gasteiger partial charge >= 0.3 is 0 Å². The predicted octanol–water partition coefficient (Wildman–Crippen LogP) is 1.60. The molecule has 62 valence electrons. The number of hydrogen-bond donors (Lipinski definition) is 0. The molecule has 0 amide bonds. The molecule has 0 saturated heterocycles. The van der Waals surface area contributed by atoms with Crippen molar-refractivity contribution in [2.24, 2.45) is 7.05 Å². The number of unbranched alkanes of at least 4 members (excludes halogenated alkanes) is 1. The Labute approximate surface area is 67.0 Å². The zero-order valence-corrected chi connectivity index (χ0v) is 7.08. The quantitative estimate of drug-likeness (QED) is 0.616. The molecule has 0 aliphatic carbocycles. The Hall–Kier alpha value is -0.990. The maximum atomic E-state index is 5.37. The minimum atomic E-state index is 0.707. The number of ether oxygens (including phenoxy) is 1. The molecule has 0 fully saturated rings. The van der Waals surface area contributed by atoms with Gasteiger partial charge in [-0.1, -0.05) is 13.3 Å². The summed E-state index contributed by atoms with van der Waals surface area (Å²) in [5, 5.41) is 0.